The van der Waals surface area contributed by atoms with Gasteiger partial charge in [0.1, 0.15) is 12.2 Å². The standard InChI is InChI=1S/C14H10F14O4/c15-9(16,11(19,20)13(23,24)25)7(29)31-5-1-2-6(4-3-5)32-8(30)10(17,18)12(21,22)14(26,27)28/h5-6H,1-4H2. The van der Waals surface area contributed by atoms with Gasteiger partial charge in [-0.2, -0.15) is 61.5 Å². The van der Waals surface area contributed by atoms with E-state index in [4.69, 9.17) is 0 Å². The van der Waals surface area contributed by atoms with Crippen LogP contribution in [0, 0.1) is 0 Å². The van der Waals surface area contributed by atoms with Gasteiger partial charge in [-0.3, -0.25) is 0 Å². The van der Waals surface area contributed by atoms with E-state index >= 15 is 0 Å². The number of rotatable bonds is 6. The van der Waals surface area contributed by atoms with E-state index in [0.29, 0.717) is 0 Å². The molecule has 0 aromatic carbocycles. The van der Waals surface area contributed by atoms with Crippen molar-refractivity contribution in [1.82, 2.24) is 0 Å². The smallest absolute Gasteiger partial charge is 0.458 e. The Hall–Kier alpha value is -2.04. The minimum Gasteiger partial charge on any atom is -0.458 e. The number of esters is 2. The van der Waals surface area contributed by atoms with E-state index < -0.39 is 85.9 Å². The van der Waals surface area contributed by atoms with Crippen molar-refractivity contribution in [1.29, 1.82) is 0 Å². The van der Waals surface area contributed by atoms with E-state index in [0.717, 1.165) is 0 Å². The van der Waals surface area contributed by atoms with Gasteiger partial charge < -0.3 is 9.47 Å². The van der Waals surface area contributed by atoms with Crippen LogP contribution in [0.25, 0.3) is 0 Å². The number of carbonyl (C=O) groups is 2. The summed E-state index contributed by atoms with van der Waals surface area (Å²) in [7, 11) is 0. The Bertz CT molecular complexity index is 643. The maximum absolute atomic E-state index is 13.2. The summed E-state index contributed by atoms with van der Waals surface area (Å²) in [4.78, 5) is 22.2. The van der Waals surface area contributed by atoms with Crippen molar-refractivity contribution in [3.05, 3.63) is 0 Å². The molecule has 1 aliphatic carbocycles. The number of hydrogen-bond acceptors (Lipinski definition) is 4. The molecule has 0 heterocycles. The molecule has 0 aliphatic heterocycles. The second-order valence-electron chi connectivity index (χ2n) is 6.50. The Labute approximate surface area is 167 Å². The summed E-state index contributed by atoms with van der Waals surface area (Å²) >= 11 is 0. The van der Waals surface area contributed by atoms with Gasteiger partial charge in [0.25, 0.3) is 0 Å². The molecule has 0 atom stereocenters. The maximum Gasteiger partial charge on any atom is 0.460 e. The molecule has 0 unspecified atom stereocenters. The third kappa shape index (κ3) is 4.97. The molecular weight excluding hydrogens is 498 g/mol. The minimum atomic E-state index is -6.83. The van der Waals surface area contributed by atoms with Crippen LogP contribution in [0.5, 0.6) is 0 Å². The summed E-state index contributed by atoms with van der Waals surface area (Å²) in [6.07, 6.45) is -20.4. The lowest BCUT2D eigenvalue weighted by Crippen LogP contribution is -2.57. The lowest BCUT2D eigenvalue weighted by Gasteiger charge is -2.32. The molecule has 4 nitrogen and oxygen atoms in total. The first kappa shape index (κ1) is 28.0. The first-order chi connectivity index (χ1) is 14.0. The van der Waals surface area contributed by atoms with E-state index in [9.17, 15) is 71.1 Å². The zero-order chi connectivity index (χ0) is 25.6. The quantitative estimate of drug-likeness (QED) is 0.373. The number of alkyl halides is 14. The zero-order valence-electron chi connectivity index (χ0n) is 14.9. The molecule has 1 aliphatic rings. The largest absolute Gasteiger partial charge is 0.460 e. The van der Waals surface area contributed by atoms with Crippen molar-refractivity contribution >= 4 is 11.9 Å². The van der Waals surface area contributed by atoms with Crippen molar-refractivity contribution in [2.75, 3.05) is 0 Å². The molecule has 0 N–H and O–H groups in total. The maximum atomic E-state index is 13.2. The van der Waals surface area contributed by atoms with Crippen molar-refractivity contribution in [3.8, 4) is 0 Å². The van der Waals surface area contributed by atoms with Gasteiger partial charge in [0.15, 0.2) is 0 Å². The summed E-state index contributed by atoms with van der Waals surface area (Å²) in [5.74, 6) is -32.9. The molecule has 0 spiro atoms. The highest BCUT2D eigenvalue weighted by Crippen LogP contribution is 2.48. The van der Waals surface area contributed by atoms with Crippen LogP contribution in [0.15, 0.2) is 0 Å². The first-order valence-electron chi connectivity index (χ1n) is 8.07. The SMILES string of the molecule is O=C(OC1CCC(OC(=O)C(F)(F)C(F)(F)C(F)(F)F)CC1)C(F)(F)C(F)(F)C(F)(F)F. The molecule has 0 amide bonds. The van der Waals surface area contributed by atoms with Gasteiger partial charge in [-0.25, -0.2) is 9.59 Å². The first-order valence-corrected chi connectivity index (χ1v) is 8.07. The molecular formula is C14H10F14O4. The number of ether oxygens (including phenoxy) is 2. The second-order valence-corrected chi connectivity index (χ2v) is 6.50. The molecule has 18 heteroatoms. The highest BCUT2D eigenvalue weighted by atomic mass is 19.4. The summed E-state index contributed by atoms with van der Waals surface area (Å²) in [5.41, 5.74) is 0. The highest BCUT2D eigenvalue weighted by molar-refractivity contribution is 5.80. The molecule has 32 heavy (non-hydrogen) atoms. The highest BCUT2D eigenvalue weighted by Gasteiger charge is 2.78. The van der Waals surface area contributed by atoms with Gasteiger partial charge in [0, 0.05) is 0 Å². The van der Waals surface area contributed by atoms with Gasteiger partial charge in [-0.1, -0.05) is 0 Å². The molecule has 0 radical (unpaired) electrons. The van der Waals surface area contributed by atoms with Crippen LogP contribution < -0.4 is 0 Å². The lowest BCUT2D eigenvalue weighted by atomic mass is 9.94. The Balaban J connectivity index is 2.73. The Morgan fingerprint density at radius 1 is 0.500 bits per heavy atom. The van der Waals surface area contributed by atoms with Gasteiger partial charge in [-0.15, -0.1) is 0 Å². The second kappa shape index (κ2) is 8.39. The summed E-state index contributed by atoms with van der Waals surface area (Å²) in [6, 6.07) is 0. The van der Waals surface area contributed by atoms with Crippen LogP contribution in [0.2, 0.25) is 0 Å². The number of hydrogen-bond donors (Lipinski definition) is 0. The van der Waals surface area contributed by atoms with E-state index in [1.165, 1.54) is 0 Å². The minimum absolute atomic E-state index is 0.779. The predicted molar refractivity (Wildman–Crippen MR) is 70.1 cm³/mol. The van der Waals surface area contributed by atoms with Crippen LogP contribution in [-0.2, 0) is 19.1 Å². The molecule has 188 valence electrons. The van der Waals surface area contributed by atoms with Gasteiger partial charge >= 0.3 is 48.0 Å². The average molecular weight is 508 g/mol. The fourth-order valence-corrected chi connectivity index (χ4v) is 2.33. The summed E-state index contributed by atoms with van der Waals surface area (Å²) in [6.45, 7) is 0. The van der Waals surface area contributed by atoms with Gasteiger partial charge in [0.2, 0.25) is 0 Å². The van der Waals surface area contributed by atoms with Crippen LogP contribution >= 0.6 is 0 Å². The fraction of sp³-hybridized carbons (Fsp3) is 0.857. The molecule has 0 saturated heterocycles. The van der Waals surface area contributed by atoms with E-state index in [1.54, 1.807) is 0 Å². The topological polar surface area (TPSA) is 52.6 Å². The molecule has 0 bridgehead atoms. The van der Waals surface area contributed by atoms with Crippen molar-refractivity contribution < 1.29 is 80.5 Å². The number of carbonyl (C=O) groups excluding carboxylic acids is 2. The Kier molecular flexibility index (Phi) is 7.34. The van der Waals surface area contributed by atoms with Gasteiger partial charge in [-0.05, 0) is 25.7 Å². The van der Waals surface area contributed by atoms with E-state index in [2.05, 4.69) is 9.47 Å². The third-order valence-electron chi connectivity index (χ3n) is 4.18. The normalized spacial score (nSPS) is 21.8. The van der Waals surface area contributed by atoms with Crippen molar-refractivity contribution in [3.63, 3.8) is 0 Å². The predicted octanol–water partition coefficient (Wildman–Crippen LogP) is 5.05. The molecule has 1 fully saturated rings. The van der Waals surface area contributed by atoms with Crippen LogP contribution in [-0.4, -0.2) is 60.2 Å². The third-order valence-corrected chi connectivity index (χ3v) is 4.18. The van der Waals surface area contributed by atoms with Gasteiger partial charge in [0.05, 0.1) is 0 Å². The van der Waals surface area contributed by atoms with Crippen LogP contribution in [0.1, 0.15) is 25.7 Å². The Morgan fingerprint density at radius 2 is 0.719 bits per heavy atom. The molecule has 0 aromatic heterocycles. The summed E-state index contributed by atoms with van der Waals surface area (Å²) < 4.78 is 184. The average Bonchev–Trinajstić information content (AvgIpc) is 2.60. The van der Waals surface area contributed by atoms with Crippen molar-refractivity contribution in [2.45, 2.75) is 73.9 Å². The molecule has 1 saturated carbocycles. The monoisotopic (exact) mass is 508 g/mol. The molecule has 1 rings (SSSR count). The number of halogens is 14. The van der Waals surface area contributed by atoms with E-state index in [-0.39, 0.29) is 0 Å². The lowest BCUT2D eigenvalue weighted by molar-refractivity contribution is -0.349. The Morgan fingerprint density at radius 3 is 0.906 bits per heavy atom. The molecule has 0 aromatic rings. The zero-order valence-corrected chi connectivity index (χ0v) is 14.9. The van der Waals surface area contributed by atoms with Crippen LogP contribution in [0.4, 0.5) is 61.5 Å². The van der Waals surface area contributed by atoms with Crippen LogP contribution in [0.3, 0.4) is 0 Å². The fourth-order valence-electron chi connectivity index (χ4n) is 2.33. The van der Waals surface area contributed by atoms with E-state index in [1.807, 2.05) is 0 Å². The summed E-state index contributed by atoms with van der Waals surface area (Å²) in [5, 5.41) is 0. The van der Waals surface area contributed by atoms with Crippen molar-refractivity contribution in [2.24, 2.45) is 0 Å².